The van der Waals surface area contributed by atoms with Crippen molar-refractivity contribution in [2.45, 2.75) is 0 Å². The highest BCUT2D eigenvalue weighted by Gasteiger charge is 2.06. The minimum atomic E-state index is 0.357. The van der Waals surface area contributed by atoms with Crippen LogP contribution in [0.4, 0.5) is 0 Å². The Labute approximate surface area is 69.0 Å². The molecule has 0 aliphatic carbocycles. The average molecular weight is 165 g/mol. The van der Waals surface area contributed by atoms with Crippen LogP contribution in [-0.2, 0) is 11.9 Å². The number of rotatable bonds is 2. The van der Waals surface area contributed by atoms with E-state index in [1.165, 1.54) is 18.0 Å². The molecule has 0 aromatic carbocycles. The Morgan fingerprint density at radius 1 is 1.75 bits per heavy atom. The van der Waals surface area contributed by atoms with Crippen molar-refractivity contribution in [2.24, 2.45) is 12.2 Å². The van der Waals surface area contributed by atoms with Gasteiger partial charge >= 0.3 is 0 Å². The van der Waals surface area contributed by atoms with E-state index in [2.05, 4.69) is 20.3 Å². The molecular formula is C6H7N5O. The fourth-order valence-corrected chi connectivity index (χ4v) is 0.692. The van der Waals surface area contributed by atoms with Gasteiger partial charge in [-0.1, -0.05) is 10.4 Å². The first-order chi connectivity index (χ1) is 5.79. The largest absolute Gasteiger partial charge is 0.399 e. The van der Waals surface area contributed by atoms with E-state index in [9.17, 15) is 0 Å². The highest BCUT2D eigenvalue weighted by molar-refractivity contribution is 5.79. The highest BCUT2D eigenvalue weighted by Crippen LogP contribution is 1.97. The van der Waals surface area contributed by atoms with Crippen LogP contribution in [0.1, 0.15) is 11.4 Å². The minimum Gasteiger partial charge on any atom is -0.399 e. The lowest BCUT2D eigenvalue weighted by Gasteiger charge is -1.87. The molecule has 0 atom stereocenters. The van der Waals surface area contributed by atoms with Crippen molar-refractivity contribution < 1.29 is 4.84 Å². The Morgan fingerprint density at radius 2 is 2.50 bits per heavy atom. The Hall–Kier alpha value is -1.90. The molecule has 0 fully saturated rings. The van der Waals surface area contributed by atoms with Crippen molar-refractivity contribution in [3.8, 4) is 6.07 Å². The predicted octanol–water partition coefficient (Wildman–Crippen LogP) is -0.333. The minimum absolute atomic E-state index is 0.357. The van der Waals surface area contributed by atoms with Crippen LogP contribution in [0.25, 0.3) is 0 Å². The molecule has 1 heterocycles. The molecule has 0 amide bonds. The van der Waals surface area contributed by atoms with E-state index in [0.29, 0.717) is 11.4 Å². The first-order valence-corrected chi connectivity index (χ1v) is 3.16. The van der Waals surface area contributed by atoms with Crippen LogP contribution in [0.2, 0.25) is 0 Å². The third-order valence-corrected chi connectivity index (χ3v) is 1.24. The van der Waals surface area contributed by atoms with Gasteiger partial charge < -0.3 is 4.84 Å². The Bertz CT molecular complexity index is 334. The number of oxime groups is 1. The zero-order chi connectivity index (χ0) is 8.97. The molecule has 0 bridgehead atoms. The first-order valence-electron chi connectivity index (χ1n) is 3.16. The molecule has 1 aromatic rings. The smallest absolute Gasteiger partial charge is 0.167 e. The first kappa shape index (κ1) is 8.20. The summed E-state index contributed by atoms with van der Waals surface area (Å²) in [6, 6.07) is 1.94. The van der Waals surface area contributed by atoms with Gasteiger partial charge in [-0.3, -0.25) is 0 Å². The van der Waals surface area contributed by atoms with Crippen LogP contribution in [0.3, 0.4) is 0 Å². The lowest BCUT2D eigenvalue weighted by atomic mass is 10.3. The van der Waals surface area contributed by atoms with Crippen LogP contribution in [0.5, 0.6) is 0 Å². The maximum Gasteiger partial charge on any atom is 0.167 e. The lowest BCUT2D eigenvalue weighted by molar-refractivity contribution is 0.215. The summed E-state index contributed by atoms with van der Waals surface area (Å²) in [4.78, 5) is 4.44. The molecule has 0 unspecified atom stereocenters. The van der Waals surface area contributed by atoms with E-state index >= 15 is 0 Å². The summed E-state index contributed by atoms with van der Waals surface area (Å²) in [5, 5.41) is 19.4. The number of hydrogen-bond acceptors (Lipinski definition) is 5. The van der Waals surface area contributed by atoms with Crippen molar-refractivity contribution in [3.63, 3.8) is 0 Å². The summed E-state index contributed by atoms with van der Waals surface area (Å²) in [5.74, 6) is 0. The summed E-state index contributed by atoms with van der Waals surface area (Å²) in [6.45, 7) is 0. The van der Waals surface area contributed by atoms with E-state index in [1.807, 2.05) is 6.07 Å². The molecule has 0 aliphatic rings. The number of nitriles is 1. The van der Waals surface area contributed by atoms with Crippen LogP contribution in [-0.4, -0.2) is 28.3 Å². The molecule has 0 N–H and O–H groups in total. The van der Waals surface area contributed by atoms with Crippen LogP contribution >= 0.6 is 0 Å². The van der Waals surface area contributed by atoms with E-state index in [4.69, 9.17) is 5.26 Å². The molecule has 0 aliphatic heterocycles. The number of aryl methyl sites for hydroxylation is 1. The Morgan fingerprint density at radius 3 is 3.08 bits per heavy atom. The average Bonchev–Trinajstić information content (AvgIpc) is 2.43. The zero-order valence-corrected chi connectivity index (χ0v) is 6.72. The molecule has 12 heavy (non-hydrogen) atoms. The molecule has 6 nitrogen and oxygen atoms in total. The van der Waals surface area contributed by atoms with Crippen molar-refractivity contribution in [3.05, 3.63) is 11.4 Å². The van der Waals surface area contributed by atoms with Gasteiger partial charge in [0.2, 0.25) is 0 Å². The molecule has 0 radical (unpaired) electrons. The molecule has 0 saturated carbocycles. The van der Waals surface area contributed by atoms with Crippen molar-refractivity contribution in [2.75, 3.05) is 7.11 Å². The molecular weight excluding hydrogens is 158 g/mol. The third kappa shape index (κ3) is 1.40. The summed E-state index contributed by atoms with van der Waals surface area (Å²) in [7, 11) is 3.05. The van der Waals surface area contributed by atoms with E-state index in [1.54, 1.807) is 7.05 Å². The second-order valence-electron chi connectivity index (χ2n) is 1.98. The van der Waals surface area contributed by atoms with Crippen molar-refractivity contribution in [1.29, 1.82) is 5.26 Å². The van der Waals surface area contributed by atoms with Crippen LogP contribution in [0.15, 0.2) is 5.16 Å². The zero-order valence-electron chi connectivity index (χ0n) is 6.72. The second-order valence-corrected chi connectivity index (χ2v) is 1.98. The molecule has 1 aromatic heterocycles. The normalized spacial score (nSPS) is 10.1. The molecule has 1 rings (SSSR count). The van der Waals surface area contributed by atoms with Gasteiger partial charge in [-0.2, -0.15) is 5.26 Å². The van der Waals surface area contributed by atoms with Gasteiger partial charge in [0.1, 0.15) is 18.9 Å². The van der Waals surface area contributed by atoms with Crippen molar-refractivity contribution >= 4 is 6.21 Å². The van der Waals surface area contributed by atoms with Gasteiger partial charge in [-0.15, -0.1) is 5.10 Å². The van der Waals surface area contributed by atoms with Gasteiger partial charge in [0.15, 0.2) is 5.69 Å². The standard InChI is InChI=1S/C6H7N5O/c1-11-6(3-7)5(9-10-11)4-8-12-2/h4H,1-2H3/b8-4+. The topological polar surface area (TPSA) is 76.1 Å². The Balaban J connectivity index is 3.01. The Kier molecular flexibility index (Phi) is 2.38. The summed E-state index contributed by atoms with van der Waals surface area (Å²) >= 11 is 0. The fraction of sp³-hybridized carbons (Fsp3) is 0.333. The SMILES string of the molecule is CO/N=C/c1nnn(C)c1C#N. The van der Waals surface area contributed by atoms with Crippen molar-refractivity contribution in [1.82, 2.24) is 15.0 Å². The van der Waals surface area contributed by atoms with Gasteiger partial charge in [-0.05, 0) is 0 Å². The summed E-state index contributed by atoms with van der Waals surface area (Å²) < 4.78 is 1.37. The molecule has 6 heteroatoms. The number of aromatic nitrogens is 3. The third-order valence-electron chi connectivity index (χ3n) is 1.24. The fourth-order valence-electron chi connectivity index (χ4n) is 0.692. The maximum atomic E-state index is 8.63. The van der Waals surface area contributed by atoms with Gasteiger partial charge in [0.05, 0.1) is 6.21 Å². The van der Waals surface area contributed by atoms with Gasteiger partial charge in [0.25, 0.3) is 0 Å². The van der Waals surface area contributed by atoms with Crippen LogP contribution < -0.4 is 0 Å². The lowest BCUT2D eigenvalue weighted by Crippen LogP contribution is -1.95. The van der Waals surface area contributed by atoms with Gasteiger partial charge in [0, 0.05) is 7.05 Å². The summed E-state index contributed by atoms with van der Waals surface area (Å²) in [5.41, 5.74) is 0.762. The highest BCUT2D eigenvalue weighted by atomic mass is 16.6. The monoisotopic (exact) mass is 165 g/mol. The van der Waals surface area contributed by atoms with E-state index in [-0.39, 0.29) is 0 Å². The second kappa shape index (κ2) is 3.48. The predicted molar refractivity (Wildman–Crippen MR) is 40.3 cm³/mol. The maximum absolute atomic E-state index is 8.63. The number of hydrogen-bond donors (Lipinski definition) is 0. The van der Waals surface area contributed by atoms with E-state index < -0.39 is 0 Å². The summed E-state index contributed by atoms with van der Waals surface area (Å²) in [6.07, 6.45) is 1.34. The molecule has 0 spiro atoms. The quantitative estimate of drug-likeness (QED) is 0.444. The number of nitrogens with zero attached hydrogens (tertiary/aromatic N) is 5. The van der Waals surface area contributed by atoms with Gasteiger partial charge in [-0.25, -0.2) is 4.68 Å². The van der Waals surface area contributed by atoms with Crippen LogP contribution in [0, 0.1) is 11.3 Å². The molecule has 0 saturated heterocycles. The molecule has 62 valence electrons. The van der Waals surface area contributed by atoms with E-state index in [0.717, 1.165) is 0 Å².